The van der Waals surface area contributed by atoms with Crippen LogP contribution in [0, 0.1) is 0 Å². The van der Waals surface area contributed by atoms with E-state index in [1.165, 1.54) is 11.3 Å². The molecule has 0 bridgehead atoms. The lowest BCUT2D eigenvalue weighted by Gasteiger charge is -2.06. The van der Waals surface area contributed by atoms with E-state index in [1.807, 2.05) is 61.5 Å². The highest BCUT2D eigenvalue weighted by Crippen LogP contribution is 2.36. The molecule has 0 N–H and O–H groups in total. The maximum Gasteiger partial charge on any atom is 0.209 e. The fourth-order valence-electron chi connectivity index (χ4n) is 2.83. The van der Waals surface area contributed by atoms with E-state index in [0.717, 1.165) is 37.7 Å². The van der Waals surface area contributed by atoms with Crippen molar-refractivity contribution in [1.29, 1.82) is 0 Å². The van der Waals surface area contributed by atoms with E-state index in [4.69, 9.17) is 9.97 Å². The van der Waals surface area contributed by atoms with Crippen molar-refractivity contribution in [2.24, 2.45) is 0 Å². The van der Waals surface area contributed by atoms with Gasteiger partial charge in [0.05, 0.1) is 5.69 Å². The Bertz CT molecular complexity index is 1020. The Hall–Kier alpha value is -2.21. The zero-order valence-electron chi connectivity index (χ0n) is 14.4. The topological polar surface area (TPSA) is 48.8 Å². The average Bonchev–Trinajstić information content (AvgIpc) is 3.13. The van der Waals surface area contributed by atoms with Crippen LogP contribution in [0.1, 0.15) is 13.3 Å². The molecule has 2 heterocycles. The predicted octanol–water partition coefficient (Wildman–Crippen LogP) is 5.54. The van der Waals surface area contributed by atoms with E-state index in [1.54, 1.807) is 0 Å². The van der Waals surface area contributed by atoms with E-state index in [9.17, 15) is 4.55 Å². The lowest BCUT2D eigenvalue weighted by molar-refractivity contribution is 0.595. The number of fused-ring (bicyclic) bond motifs is 1. The number of aromatic nitrogens is 2. The van der Waals surface area contributed by atoms with Crippen LogP contribution in [0.3, 0.4) is 0 Å². The molecule has 0 fully saturated rings. The molecule has 1 unspecified atom stereocenters. The van der Waals surface area contributed by atoms with Gasteiger partial charge in [0, 0.05) is 22.6 Å². The number of thiophene rings is 1. The Kier molecular flexibility index (Phi) is 5.02. The van der Waals surface area contributed by atoms with Crippen molar-refractivity contribution >= 4 is 32.7 Å². The highest BCUT2D eigenvalue weighted by atomic mass is 32.2. The van der Waals surface area contributed by atoms with Crippen LogP contribution in [0.5, 0.6) is 0 Å². The highest BCUT2D eigenvalue weighted by Gasteiger charge is 2.19. The van der Waals surface area contributed by atoms with E-state index < -0.39 is 11.2 Å². The molecule has 0 saturated heterocycles. The molecular weight excluding hydrogens is 360 g/mol. The van der Waals surface area contributed by atoms with Gasteiger partial charge in [0.15, 0.2) is 5.82 Å². The Morgan fingerprint density at radius 3 is 2.23 bits per heavy atom. The van der Waals surface area contributed by atoms with Crippen LogP contribution >= 0.6 is 11.3 Å². The first-order chi connectivity index (χ1) is 12.8. The molecular formula is C21H18N2OS2. The van der Waals surface area contributed by atoms with Gasteiger partial charge in [-0.15, -0.1) is 0 Å². The smallest absolute Gasteiger partial charge is 0.209 e. The summed E-state index contributed by atoms with van der Waals surface area (Å²) in [6, 6.07) is 22.1. The molecule has 26 heavy (non-hydrogen) atoms. The van der Waals surface area contributed by atoms with Gasteiger partial charge in [0.1, 0.15) is 10.6 Å². The van der Waals surface area contributed by atoms with Crippen LogP contribution in [0.4, 0.5) is 0 Å². The largest absolute Gasteiger partial charge is 0.611 e. The molecule has 0 aliphatic carbocycles. The molecule has 2 aromatic carbocycles. The lowest BCUT2D eigenvalue weighted by atomic mass is 10.1. The molecule has 1 atom stereocenters. The highest BCUT2D eigenvalue weighted by molar-refractivity contribution is 7.93. The van der Waals surface area contributed by atoms with E-state index in [2.05, 4.69) is 12.1 Å². The summed E-state index contributed by atoms with van der Waals surface area (Å²) in [5, 5.41) is 0.973. The van der Waals surface area contributed by atoms with Crippen LogP contribution in [-0.2, 0) is 11.2 Å². The second-order valence-electron chi connectivity index (χ2n) is 5.96. The van der Waals surface area contributed by atoms with Crippen molar-refractivity contribution in [3.63, 3.8) is 0 Å². The van der Waals surface area contributed by atoms with E-state index >= 15 is 0 Å². The fourth-order valence-corrected chi connectivity index (χ4v) is 5.27. The van der Waals surface area contributed by atoms with Gasteiger partial charge in [-0.3, -0.25) is 0 Å². The zero-order valence-corrected chi connectivity index (χ0v) is 16.0. The van der Waals surface area contributed by atoms with Crippen molar-refractivity contribution in [2.75, 3.05) is 5.75 Å². The van der Waals surface area contributed by atoms with Gasteiger partial charge in [-0.05, 0) is 17.6 Å². The molecule has 130 valence electrons. The molecule has 0 amide bonds. The first kappa shape index (κ1) is 17.2. The van der Waals surface area contributed by atoms with Crippen molar-refractivity contribution in [1.82, 2.24) is 9.97 Å². The van der Waals surface area contributed by atoms with Crippen molar-refractivity contribution in [3.05, 3.63) is 66.7 Å². The molecule has 0 spiro atoms. The maximum atomic E-state index is 12.5. The summed E-state index contributed by atoms with van der Waals surface area (Å²) >= 11 is 0.531. The summed E-state index contributed by atoms with van der Waals surface area (Å²) < 4.78 is 13.4. The summed E-state index contributed by atoms with van der Waals surface area (Å²) in [7, 11) is 0. The second kappa shape index (κ2) is 7.58. The average molecular weight is 379 g/mol. The van der Waals surface area contributed by atoms with Gasteiger partial charge in [-0.25, -0.2) is 9.97 Å². The van der Waals surface area contributed by atoms with Gasteiger partial charge in [0.2, 0.25) is 4.21 Å². The van der Waals surface area contributed by atoms with Gasteiger partial charge < -0.3 is 4.55 Å². The first-order valence-corrected chi connectivity index (χ1v) is 10.7. The third-order valence-electron chi connectivity index (χ3n) is 4.06. The number of benzene rings is 2. The third-order valence-corrected chi connectivity index (χ3v) is 7.04. The molecule has 0 aliphatic rings. The SMILES string of the molecule is CCC[S+]([O-])c1cc2c(-c3ccccc3)nc(-c3ccccc3)nc2s1. The molecule has 0 saturated carbocycles. The molecule has 3 nitrogen and oxygen atoms in total. The van der Waals surface area contributed by atoms with E-state index in [0.29, 0.717) is 11.6 Å². The maximum absolute atomic E-state index is 12.5. The normalized spacial score (nSPS) is 12.4. The zero-order chi connectivity index (χ0) is 17.9. The molecule has 5 heteroatoms. The molecule has 4 aromatic rings. The van der Waals surface area contributed by atoms with E-state index in [-0.39, 0.29) is 0 Å². The van der Waals surface area contributed by atoms with Gasteiger partial charge in [0.25, 0.3) is 0 Å². The minimum Gasteiger partial charge on any atom is -0.611 e. The number of hydrogen-bond donors (Lipinski definition) is 0. The van der Waals surface area contributed by atoms with Gasteiger partial charge in [-0.1, -0.05) is 78.9 Å². The fraction of sp³-hybridized carbons (Fsp3) is 0.143. The van der Waals surface area contributed by atoms with Crippen molar-refractivity contribution in [2.45, 2.75) is 17.6 Å². The summed E-state index contributed by atoms with van der Waals surface area (Å²) in [5.41, 5.74) is 2.92. The number of rotatable bonds is 5. The Balaban J connectivity index is 1.93. The summed E-state index contributed by atoms with van der Waals surface area (Å²) in [6.07, 6.45) is 0.896. The minimum atomic E-state index is -0.981. The van der Waals surface area contributed by atoms with Crippen LogP contribution in [0.2, 0.25) is 0 Å². The van der Waals surface area contributed by atoms with Crippen molar-refractivity contribution < 1.29 is 4.55 Å². The first-order valence-electron chi connectivity index (χ1n) is 8.57. The standard InChI is InChI=1S/C21H18N2OS2/c1-2-13-26(24)18-14-17-19(15-9-5-3-6-10-15)22-20(23-21(17)25-18)16-11-7-4-8-12-16/h3-12,14H,2,13H2,1H3. The van der Waals surface area contributed by atoms with Crippen LogP contribution in [-0.4, -0.2) is 20.3 Å². The number of hydrogen-bond acceptors (Lipinski definition) is 4. The molecule has 0 aliphatic heterocycles. The summed E-state index contributed by atoms with van der Waals surface area (Å²) in [4.78, 5) is 10.5. The Labute approximate surface area is 159 Å². The lowest BCUT2D eigenvalue weighted by Crippen LogP contribution is -2.03. The monoisotopic (exact) mass is 378 g/mol. The van der Waals surface area contributed by atoms with Crippen molar-refractivity contribution in [3.8, 4) is 22.6 Å². The Morgan fingerprint density at radius 1 is 0.923 bits per heavy atom. The molecule has 0 radical (unpaired) electrons. The summed E-state index contributed by atoms with van der Waals surface area (Å²) in [6.45, 7) is 2.05. The number of nitrogens with zero attached hydrogens (tertiary/aromatic N) is 2. The van der Waals surface area contributed by atoms with Crippen LogP contribution in [0.15, 0.2) is 70.9 Å². The van der Waals surface area contributed by atoms with Gasteiger partial charge in [-0.2, -0.15) is 0 Å². The van der Waals surface area contributed by atoms with Crippen LogP contribution in [0.25, 0.3) is 32.9 Å². The van der Waals surface area contributed by atoms with Crippen LogP contribution < -0.4 is 0 Å². The third kappa shape index (κ3) is 3.38. The second-order valence-corrected chi connectivity index (χ2v) is 8.79. The van der Waals surface area contributed by atoms with Gasteiger partial charge >= 0.3 is 0 Å². The summed E-state index contributed by atoms with van der Waals surface area (Å²) in [5.74, 6) is 1.37. The predicted molar refractivity (Wildman–Crippen MR) is 110 cm³/mol. The molecule has 2 aromatic heterocycles. The quantitative estimate of drug-likeness (QED) is 0.428. The Morgan fingerprint density at radius 2 is 1.58 bits per heavy atom. The molecule has 4 rings (SSSR count). The minimum absolute atomic E-state index is 0.673.